The van der Waals surface area contributed by atoms with Crippen LogP contribution in [0, 0.1) is 5.92 Å². The number of piperidine rings is 1. The lowest BCUT2D eigenvalue weighted by Crippen LogP contribution is -2.39. The van der Waals surface area contributed by atoms with Crippen LogP contribution in [0.2, 0.25) is 5.02 Å². The summed E-state index contributed by atoms with van der Waals surface area (Å²) in [5.41, 5.74) is 7.51. The fourth-order valence-electron chi connectivity index (χ4n) is 2.38. The van der Waals surface area contributed by atoms with Crippen molar-refractivity contribution < 1.29 is 0 Å². The molecule has 2 rings (SSSR count). The number of hydrogen-bond acceptors (Lipinski definition) is 2. The molecule has 0 aliphatic carbocycles. The Hall–Kier alpha value is -0.570. The van der Waals surface area contributed by atoms with E-state index in [1.54, 1.807) is 0 Å². The summed E-state index contributed by atoms with van der Waals surface area (Å²) < 4.78 is 0. The minimum atomic E-state index is 0.264. The summed E-state index contributed by atoms with van der Waals surface area (Å²) in [7, 11) is 0. The topological polar surface area (TPSA) is 38.0 Å². The molecule has 88 valence electrons. The van der Waals surface area contributed by atoms with E-state index in [0.717, 1.165) is 24.5 Å². The van der Waals surface area contributed by atoms with E-state index in [0.29, 0.717) is 5.92 Å². The van der Waals surface area contributed by atoms with E-state index in [1.807, 2.05) is 18.2 Å². The molecule has 0 radical (unpaired) electrons. The van der Waals surface area contributed by atoms with Crippen molar-refractivity contribution in [2.75, 3.05) is 13.1 Å². The Morgan fingerprint density at radius 3 is 2.81 bits per heavy atom. The van der Waals surface area contributed by atoms with E-state index in [1.165, 1.54) is 18.4 Å². The van der Waals surface area contributed by atoms with Crippen LogP contribution in [-0.2, 0) is 6.42 Å². The van der Waals surface area contributed by atoms with E-state index < -0.39 is 0 Å². The van der Waals surface area contributed by atoms with Gasteiger partial charge >= 0.3 is 0 Å². The molecular formula is C13H19ClN2. The summed E-state index contributed by atoms with van der Waals surface area (Å²) >= 11 is 5.96. The van der Waals surface area contributed by atoms with Gasteiger partial charge in [0.15, 0.2) is 0 Å². The van der Waals surface area contributed by atoms with Crippen LogP contribution in [0.25, 0.3) is 0 Å². The quantitative estimate of drug-likeness (QED) is 0.848. The molecule has 1 saturated heterocycles. The number of hydrogen-bond donors (Lipinski definition) is 2. The molecule has 1 aliphatic heterocycles. The van der Waals surface area contributed by atoms with Gasteiger partial charge in [0.1, 0.15) is 0 Å². The van der Waals surface area contributed by atoms with Gasteiger partial charge in [-0.3, -0.25) is 0 Å². The van der Waals surface area contributed by atoms with Gasteiger partial charge in [-0.15, -0.1) is 0 Å². The van der Waals surface area contributed by atoms with Crippen LogP contribution >= 0.6 is 11.6 Å². The highest BCUT2D eigenvalue weighted by molar-refractivity contribution is 6.30. The first kappa shape index (κ1) is 11.9. The van der Waals surface area contributed by atoms with Gasteiger partial charge in [-0.1, -0.05) is 23.7 Å². The van der Waals surface area contributed by atoms with Crippen LogP contribution in [0.1, 0.15) is 18.4 Å². The second kappa shape index (κ2) is 5.67. The lowest BCUT2D eigenvalue weighted by molar-refractivity contribution is 0.316. The zero-order chi connectivity index (χ0) is 11.4. The Bertz CT molecular complexity index is 334. The van der Waals surface area contributed by atoms with Gasteiger partial charge in [0.05, 0.1) is 0 Å². The van der Waals surface area contributed by atoms with Crippen LogP contribution < -0.4 is 11.1 Å². The van der Waals surface area contributed by atoms with Crippen LogP contribution in [-0.4, -0.2) is 19.1 Å². The van der Waals surface area contributed by atoms with Gasteiger partial charge in [0.2, 0.25) is 0 Å². The maximum absolute atomic E-state index is 6.26. The molecule has 0 aromatic heterocycles. The van der Waals surface area contributed by atoms with Crippen molar-refractivity contribution in [1.82, 2.24) is 5.32 Å². The minimum Gasteiger partial charge on any atom is -0.327 e. The molecule has 1 heterocycles. The molecule has 1 unspecified atom stereocenters. The predicted octanol–water partition coefficient (Wildman–Crippen LogP) is 2.21. The van der Waals surface area contributed by atoms with E-state index >= 15 is 0 Å². The smallest absolute Gasteiger partial charge is 0.0408 e. The maximum Gasteiger partial charge on any atom is 0.0408 e. The monoisotopic (exact) mass is 238 g/mol. The van der Waals surface area contributed by atoms with E-state index in [4.69, 9.17) is 17.3 Å². The maximum atomic E-state index is 6.26. The molecule has 1 fully saturated rings. The molecule has 0 amide bonds. The lowest BCUT2D eigenvalue weighted by atomic mass is 9.87. The largest absolute Gasteiger partial charge is 0.327 e. The molecule has 0 bridgehead atoms. The van der Waals surface area contributed by atoms with E-state index in [9.17, 15) is 0 Å². The van der Waals surface area contributed by atoms with Gasteiger partial charge in [-0.25, -0.2) is 0 Å². The van der Waals surface area contributed by atoms with Crippen molar-refractivity contribution in [2.24, 2.45) is 11.7 Å². The van der Waals surface area contributed by atoms with Crippen molar-refractivity contribution in [3.63, 3.8) is 0 Å². The molecule has 3 N–H and O–H groups in total. The highest BCUT2D eigenvalue weighted by atomic mass is 35.5. The minimum absolute atomic E-state index is 0.264. The highest BCUT2D eigenvalue weighted by Crippen LogP contribution is 2.19. The summed E-state index contributed by atoms with van der Waals surface area (Å²) in [6.07, 6.45) is 3.33. The van der Waals surface area contributed by atoms with Crippen LogP contribution in [0.5, 0.6) is 0 Å². The van der Waals surface area contributed by atoms with Gasteiger partial charge in [0, 0.05) is 11.1 Å². The zero-order valence-corrected chi connectivity index (χ0v) is 10.2. The summed E-state index contributed by atoms with van der Waals surface area (Å²) in [6.45, 7) is 2.21. The van der Waals surface area contributed by atoms with Crippen molar-refractivity contribution in [3.8, 4) is 0 Å². The molecule has 2 nitrogen and oxygen atoms in total. The normalized spacial score (nSPS) is 19.6. The van der Waals surface area contributed by atoms with Crippen LogP contribution in [0.4, 0.5) is 0 Å². The predicted molar refractivity (Wildman–Crippen MR) is 68.7 cm³/mol. The SMILES string of the molecule is NC(Cc1cccc(Cl)c1)C1CCNCC1. The molecule has 1 aromatic rings. The third kappa shape index (κ3) is 3.21. The van der Waals surface area contributed by atoms with Crippen molar-refractivity contribution in [2.45, 2.75) is 25.3 Å². The van der Waals surface area contributed by atoms with Gasteiger partial charge in [0.25, 0.3) is 0 Å². The molecular weight excluding hydrogens is 220 g/mol. The Balaban J connectivity index is 1.93. The molecule has 1 aliphatic rings. The molecule has 0 spiro atoms. The number of rotatable bonds is 3. The lowest BCUT2D eigenvalue weighted by Gasteiger charge is -2.28. The summed E-state index contributed by atoms with van der Waals surface area (Å²) in [5, 5.41) is 4.17. The van der Waals surface area contributed by atoms with Crippen molar-refractivity contribution in [3.05, 3.63) is 34.9 Å². The first-order valence-electron chi connectivity index (χ1n) is 5.96. The summed E-state index contributed by atoms with van der Waals surface area (Å²) in [4.78, 5) is 0. The van der Waals surface area contributed by atoms with Gasteiger partial charge in [-0.2, -0.15) is 0 Å². The van der Waals surface area contributed by atoms with E-state index in [2.05, 4.69) is 11.4 Å². The van der Waals surface area contributed by atoms with Gasteiger partial charge < -0.3 is 11.1 Å². The molecule has 1 aromatic carbocycles. The first-order valence-corrected chi connectivity index (χ1v) is 6.34. The molecule has 1 atom stereocenters. The summed E-state index contributed by atoms with van der Waals surface area (Å²) in [6, 6.07) is 8.28. The Morgan fingerprint density at radius 1 is 1.38 bits per heavy atom. The first-order chi connectivity index (χ1) is 7.75. The second-order valence-electron chi connectivity index (χ2n) is 4.59. The fourth-order valence-corrected chi connectivity index (χ4v) is 2.59. The molecule has 16 heavy (non-hydrogen) atoms. The van der Waals surface area contributed by atoms with Gasteiger partial charge in [-0.05, 0) is 56.0 Å². The highest BCUT2D eigenvalue weighted by Gasteiger charge is 2.20. The third-order valence-corrected chi connectivity index (χ3v) is 3.58. The second-order valence-corrected chi connectivity index (χ2v) is 5.02. The molecule has 3 heteroatoms. The Kier molecular flexibility index (Phi) is 4.22. The number of benzene rings is 1. The average molecular weight is 239 g/mol. The number of nitrogens with one attached hydrogen (secondary N) is 1. The third-order valence-electron chi connectivity index (χ3n) is 3.35. The summed E-state index contributed by atoms with van der Waals surface area (Å²) in [5.74, 6) is 0.653. The number of halogens is 1. The Labute approximate surface area is 102 Å². The zero-order valence-electron chi connectivity index (χ0n) is 9.45. The van der Waals surface area contributed by atoms with Crippen molar-refractivity contribution in [1.29, 1.82) is 0 Å². The number of nitrogens with two attached hydrogens (primary N) is 1. The Morgan fingerprint density at radius 2 is 2.12 bits per heavy atom. The van der Waals surface area contributed by atoms with Crippen molar-refractivity contribution >= 4 is 11.6 Å². The molecule has 0 saturated carbocycles. The standard InChI is InChI=1S/C13H19ClN2/c14-12-3-1-2-10(8-12)9-13(15)11-4-6-16-7-5-11/h1-3,8,11,13,16H,4-7,9,15H2. The fraction of sp³-hybridized carbons (Fsp3) is 0.538. The average Bonchev–Trinajstić information content (AvgIpc) is 2.30. The van der Waals surface area contributed by atoms with Crippen LogP contribution in [0.15, 0.2) is 24.3 Å². The van der Waals surface area contributed by atoms with Crippen LogP contribution in [0.3, 0.4) is 0 Å². The van der Waals surface area contributed by atoms with E-state index in [-0.39, 0.29) is 6.04 Å².